The fourth-order valence-corrected chi connectivity index (χ4v) is 4.18. The van der Waals surface area contributed by atoms with E-state index in [1.54, 1.807) is 42.5 Å². The van der Waals surface area contributed by atoms with Crippen LogP contribution in [0.25, 0.3) is 0 Å². The molecule has 1 fully saturated rings. The monoisotopic (exact) mass is 457 g/mol. The zero-order chi connectivity index (χ0) is 22.2. The normalized spacial score (nSPS) is 17.5. The molecule has 1 saturated heterocycles. The molecule has 1 atom stereocenters. The van der Waals surface area contributed by atoms with Crippen LogP contribution in [0.1, 0.15) is 19.8 Å². The van der Waals surface area contributed by atoms with Crippen LogP contribution in [0.2, 0.25) is 5.02 Å². The molecule has 0 spiro atoms. The quantitative estimate of drug-likeness (QED) is 0.548. The van der Waals surface area contributed by atoms with Gasteiger partial charge in [-0.1, -0.05) is 42.4 Å². The summed E-state index contributed by atoms with van der Waals surface area (Å²) in [4.78, 5) is 31.7. The van der Waals surface area contributed by atoms with Gasteiger partial charge in [0.15, 0.2) is 5.17 Å². The minimum atomic E-state index is -0.595. The van der Waals surface area contributed by atoms with Crippen molar-refractivity contribution < 1.29 is 14.3 Å². The Bertz CT molecular complexity index is 978. The number of hydrogen-bond donors (Lipinski definition) is 1. The molecule has 6 nitrogen and oxygen atoms in total. The maximum Gasteiger partial charge on any atom is 0.238 e. The molecular formula is C23H24ClN3O3S. The van der Waals surface area contributed by atoms with E-state index in [1.807, 2.05) is 19.1 Å². The van der Waals surface area contributed by atoms with Crippen molar-refractivity contribution in [1.82, 2.24) is 4.90 Å². The molecule has 1 aliphatic heterocycles. The molecule has 2 amide bonds. The van der Waals surface area contributed by atoms with Crippen LogP contribution in [0.4, 0.5) is 11.4 Å². The summed E-state index contributed by atoms with van der Waals surface area (Å²) in [5, 5.41) is 3.27. The highest BCUT2D eigenvalue weighted by molar-refractivity contribution is 8.15. The number of benzene rings is 2. The molecule has 0 aromatic heterocycles. The Morgan fingerprint density at radius 1 is 1.35 bits per heavy atom. The van der Waals surface area contributed by atoms with Gasteiger partial charge in [0.05, 0.1) is 12.3 Å². The van der Waals surface area contributed by atoms with E-state index in [1.165, 1.54) is 16.7 Å². The number of ether oxygens (including phenoxy) is 1. The Morgan fingerprint density at radius 2 is 2.13 bits per heavy atom. The lowest BCUT2D eigenvalue weighted by Gasteiger charge is -2.31. The number of rotatable bonds is 8. The van der Waals surface area contributed by atoms with Crippen molar-refractivity contribution in [1.29, 1.82) is 0 Å². The first-order chi connectivity index (χ1) is 15.0. The molecule has 1 unspecified atom stereocenters. The molecule has 0 radical (unpaired) electrons. The van der Waals surface area contributed by atoms with Crippen LogP contribution >= 0.6 is 23.4 Å². The summed E-state index contributed by atoms with van der Waals surface area (Å²) in [7, 11) is 0. The lowest BCUT2D eigenvalue weighted by molar-refractivity contribution is -0.129. The number of halogens is 1. The number of amidine groups is 1. The molecule has 2 aromatic rings. The molecule has 2 aromatic carbocycles. The van der Waals surface area contributed by atoms with Crippen molar-refractivity contribution in [2.75, 3.05) is 18.5 Å². The highest BCUT2D eigenvalue weighted by Gasteiger charge is 2.35. The molecule has 1 N–H and O–H groups in total. The maximum atomic E-state index is 12.9. The molecule has 1 heterocycles. The Hall–Kier alpha value is -2.77. The number of anilines is 1. The zero-order valence-electron chi connectivity index (χ0n) is 17.2. The van der Waals surface area contributed by atoms with Crippen molar-refractivity contribution >= 4 is 51.7 Å². The fourth-order valence-electron chi connectivity index (χ4n) is 2.88. The smallest absolute Gasteiger partial charge is 0.238 e. The number of amides is 2. The van der Waals surface area contributed by atoms with Gasteiger partial charge >= 0.3 is 0 Å². The van der Waals surface area contributed by atoms with Gasteiger partial charge < -0.3 is 10.1 Å². The van der Waals surface area contributed by atoms with Crippen molar-refractivity contribution in [2.24, 2.45) is 4.99 Å². The standard InChI is InChI=1S/C23H24ClN3O3S/c1-3-12-27-21(28)15-20(31-23(27)26-18-7-5-6-16(24)14-18)22(29)25-17-8-10-19(11-9-17)30-13-4-2/h3,5-11,14,20H,1,4,12-13,15H2,2H3,(H,25,29). The van der Waals surface area contributed by atoms with Crippen LogP contribution in [0.5, 0.6) is 5.75 Å². The summed E-state index contributed by atoms with van der Waals surface area (Å²) in [6.07, 6.45) is 2.64. The summed E-state index contributed by atoms with van der Waals surface area (Å²) >= 11 is 7.30. The Kier molecular flexibility index (Phi) is 8.14. The fraction of sp³-hybridized carbons (Fsp3) is 0.261. The first kappa shape index (κ1) is 22.9. The maximum absolute atomic E-state index is 12.9. The van der Waals surface area contributed by atoms with Gasteiger partial charge in [-0.25, -0.2) is 4.99 Å². The highest BCUT2D eigenvalue weighted by Crippen LogP contribution is 2.30. The average molecular weight is 458 g/mol. The van der Waals surface area contributed by atoms with Gasteiger partial charge in [0.25, 0.3) is 0 Å². The van der Waals surface area contributed by atoms with Crippen LogP contribution in [-0.2, 0) is 9.59 Å². The number of nitrogens with one attached hydrogen (secondary N) is 1. The lowest BCUT2D eigenvalue weighted by Crippen LogP contribution is -2.45. The Labute approximate surface area is 191 Å². The summed E-state index contributed by atoms with van der Waals surface area (Å²) in [6.45, 7) is 6.71. The van der Waals surface area contributed by atoms with Crippen LogP contribution in [0.15, 0.2) is 66.2 Å². The van der Waals surface area contributed by atoms with Gasteiger partial charge in [0, 0.05) is 23.7 Å². The van der Waals surface area contributed by atoms with E-state index in [2.05, 4.69) is 16.9 Å². The number of hydrogen-bond acceptors (Lipinski definition) is 5. The summed E-state index contributed by atoms with van der Waals surface area (Å²) in [5.74, 6) is 0.318. The van der Waals surface area contributed by atoms with E-state index in [-0.39, 0.29) is 18.2 Å². The van der Waals surface area contributed by atoms with Gasteiger partial charge in [-0.3, -0.25) is 14.5 Å². The number of carbonyl (C=O) groups excluding carboxylic acids is 2. The second kappa shape index (κ2) is 11.0. The van der Waals surface area contributed by atoms with Crippen molar-refractivity contribution in [3.05, 3.63) is 66.2 Å². The van der Waals surface area contributed by atoms with Gasteiger partial charge in [-0.2, -0.15) is 0 Å². The van der Waals surface area contributed by atoms with E-state index in [0.717, 1.165) is 12.2 Å². The SMILES string of the molecule is C=CCN1C(=O)CC(C(=O)Nc2ccc(OCCC)cc2)SC1=Nc1cccc(Cl)c1. The van der Waals surface area contributed by atoms with Gasteiger partial charge in [-0.05, 0) is 48.9 Å². The van der Waals surface area contributed by atoms with Crippen LogP contribution in [0, 0.1) is 0 Å². The molecule has 3 rings (SSSR count). The van der Waals surface area contributed by atoms with Crippen LogP contribution in [0.3, 0.4) is 0 Å². The van der Waals surface area contributed by atoms with Crippen molar-refractivity contribution in [3.63, 3.8) is 0 Å². The van der Waals surface area contributed by atoms with Crippen LogP contribution in [-0.4, -0.2) is 40.3 Å². The van der Waals surface area contributed by atoms with E-state index in [4.69, 9.17) is 16.3 Å². The van der Waals surface area contributed by atoms with Gasteiger partial charge in [-0.15, -0.1) is 6.58 Å². The molecular weight excluding hydrogens is 434 g/mol. The van der Waals surface area contributed by atoms with Gasteiger partial charge in [0.1, 0.15) is 11.0 Å². The molecule has 1 aliphatic rings. The summed E-state index contributed by atoms with van der Waals surface area (Å²) < 4.78 is 5.56. The molecule has 0 saturated carbocycles. The highest BCUT2D eigenvalue weighted by atomic mass is 35.5. The number of aliphatic imine (C=N–C) groups is 1. The second-order valence-electron chi connectivity index (χ2n) is 6.84. The third-order valence-corrected chi connectivity index (χ3v) is 5.79. The van der Waals surface area contributed by atoms with E-state index >= 15 is 0 Å². The largest absolute Gasteiger partial charge is 0.494 e. The summed E-state index contributed by atoms with van der Waals surface area (Å²) in [5.41, 5.74) is 1.25. The molecule has 8 heteroatoms. The van der Waals surface area contributed by atoms with Crippen molar-refractivity contribution in [2.45, 2.75) is 25.0 Å². The number of carbonyl (C=O) groups is 2. The van der Waals surface area contributed by atoms with Gasteiger partial charge in [0.2, 0.25) is 11.8 Å². The number of nitrogens with zero attached hydrogens (tertiary/aromatic N) is 2. The number of thioether (sulfide) groups is 1. The third kappa shape index (κ3) is 6.35. The minimum absolute atomic E-state index is 0.0800. The van der Waals surface area contributed by atoms with E-state index in [9.17, 15) is 9.59 Å². The minimum Gasteiger partial charge on any atom is -0.494 e. The van der Waals surface area contributed by atoms with E-state index < -0.39 is 5.25 Å². The predicted octanol–water partition coefficient (Wildman–Crippen LogP) is 5.28. The second-order valence-corrected chi connectivity index (χ2v) is 8.45. The zero-order valence-corrected chi connectivity index (χ0v) is 18.8. The molecule has 162 valence electrons. The molecule has 0 aliphatic carbocycles. The summed E-state index contributed by atoms with van der Waals surface area (Å²) in [6, 6.07) is 14.2. The third-order valence-electron chi connectivity index (χ3n) is 4.37. The van der Waals surface area contributed by atoms with E-state index in [0.29, 0.717) is 34.7 Å². The first-order valence-electron chi connectivity index (χ1n) is 9.96. The Morgan fingerprint density at radius 3 is 2.81 bits per heavy atom. The predicted molar refractivity (Wildman–Crippen MR) is 127 cm³/mol. The topological polar surface area (TPSA) is 71.0 Å². The molecule has 31 heavy (non-hydrogen) atoms. The average Bonchev–Trinajstić information content (AvgIpc) is 2.75. The Balaban J connectivity index is 1.74. The van der Waals surface area contributed by atoms with Crippen LogP contribution < -0.4 is 10.1 Å². The lowest BCUT2D eigenvalue weighted by atomic mass is 10.2. The van der Waals surface area contributed by atoms with Crippen molar-refractivity contribution in [3.8, 4) is 5.75 Å². The molecule has 0 bridgehead atoms. The first-order valence-corrected chi connectivity index (χ1v) is 11.2.